The average molecular weight is 496 g/mol. The number of hydrogen-bond acceptors (Lipinski definition) is 1. The Morgan fingerprint density at radius 2 is 0.844 bits per heavy atom. The van der Waals surface area contributed by atoms with Crippen LogP contribution in [0.15, 0.2) is 136 Å². The molecule has 0 saturated heterocycles. The highest BCUT2D eigenvalue weighted by molar-refractivity contribution is 7.99. The summed E-state index contributed by atoms with van der Waals surface area (Å²) in [5, 5.41) is 3.61. The van der Waals surface area contributed by atoms with Crippen LogP contribution in [0.25, 0.3) is 0 Å². The van der Waals surface area contributed by atoms with Gasteiger partial charge in [-0.15, -0.1) is 0 Å². The molecule has 0 saturated carbocycles. The van der Waals surface area contributed by atoms with Crippen molar-refractivity contribution in [1.82, 2.24) is 0 Å². The van der Waals surface area contributed by atoms with Gasteiger partial charge in [-0.3, -0.25) is 0 Å². The third kappa shape index (κ3) is 4.53. The molecule has 1 nitrogen and oxygen atoms in total. The first-order valence-corrected chi connectivity index (χ1v) is 13.0. The maximum atomic E-state index is 6.73. The SMILES string of the molecule is ClC(=NC(=C(Cl)Cl)[P+](c1ccccc1)(c1ccccc1)c1ccccc1)c1ccccc1. The van der Waals surface area contributed by atoms with Crippen molar-refractivity contribution in [2.45, 2.75) is 0 Å². The Bertz CT molecular complexity index is 1120. The fraction of sp³-hybridized carbons (Fsp3) is 0. The minimum absolute atomic E-state index is 0.101. The molecule has 0 atom stereocenters. The van der Waals surface area contributed by atoms with Crippen LogP contribution in [0, 0.1) is 0 Å². The van der Waals surface area contributed by atoms with E-state index in [0.29, 0.717) is 10.6 Å². The maximum absolute atomic E-state index is 6.73. The molecule has 4 rings (SSSR count). The molecule has 0 unspecified atom stereocenters. The lowest BCUT2D eigenvalue weighted by Gasteiger charge is -2.27. The van der Waals surface area contributed by atoms with Crippen LogP contribution in [0.3, 0.4) is 0 Å². The van der Waals surface area contributed by atoms with Crippen LogP contribution in [-0.4, -0.2) is 5.17 Å². The Morgan fingerprint density at radius 3 is 1.19 bits per heavy atom. The van der Waals surface area contributed by atoms with Gasteiger partial charge in [0.1, 0.15) is 21.1 Å². The van der Waals surface area contributed by atoms with Crippen molar-refractivity contribution in [3.05, 3.63) is 137 Å². The number of halogens is 3. The molecule has 0 aromatic heterocycles. The fourth-order valence-electron chi connectivity index (χ4n) is 3.75. The normalized spacial score (nSPS) is 11.8. The third-order valence-electron chi connectivity index (χ3n) is 5.13. The lowest BCUT2D eigenvalue weighted by atomic mass is 10.2. The Kier molecular flexibility index (Phi) is 7.45. The van der Waals surface area contributed by atoms with E-state index in [1.165, 1.54) is 0 Å². The van der Waals surface area contributed by atoms with E-state index in [4.69, 9.17) is 39.8 Å². The number of benzene rings is 4. The molecule has 5 heteroatoms. The average Bonchev–Trinajstić information content (AvgIpc) is 2.86. The smallest absolute Gasteiger partial charge is 0.198 e. The van der Waals surface area contributed by atoms with Gasteiger partial charge in [0.05, 0.1) is 0 Å². The molecule has 32 heavy (non-hydrogen) atoms. The molecule has 0 heterocycles. The first kappa shape index (κ1) is 22.8. The summed E-state index contributed by atoms with van der Waals surface area (Å²) in [6.45, 7) is 0. The molecule has 0 fully saturated rings. The number of nitrogens with zero attached hydrogens (tertiary/aromatic N) is 1. The molecule has 0 aliphatic heterocycles. The standard InChI is InChI=1S/C27H20Cl3NP/c28-25(29)27(31-26(30)21-13-5-1-6-14-21)32(22-15-7-2-8-16-22,23-17-9-3-10-18-23)24-19-11-4-12-20-24/h1-20H/q+1. The van der Waals surface area contributed by atoms with Crippen LogP contribution >= 0.6 is 42.1 Å². The summed E-state index contributed by atoms with van der Waals surface area (Å²) in [6, 6.07) is 40.4. The number of hydrogen-bond donors (Lipinski definition) is 0. The van der Waals surface area contributed by atoms with E-state index in [1.807, 2.05) is 84.9 Å². The van der Waals surface area contributed by atoms with E-state index in [1.54, 1.807) is 0 Å². The van der Waals surface area contributed by atoms with Crippen LogP contribution < -0.4 is 15.9 Å². The summed E-state index contributed by atoms with van der Waals surface area (Å²) in [6.07, 6.45) is 0. The van der Waals surface area contributed by atoms with Gasteiger partial charge in [-0.25, -0.2) is 0 Å². The van der Waals surface area contributed by atoms with Gasteiger partial charge in [-0.1, -0.05) is 120 Å². The first-order chi connectivity index (χ1) is 15.6. The quantitative estimate of drug-likeness (QED) is 0.197. The predicted molar refractivity (Wildman–Crippen MR) is 143 cm³/mol. The molecule has 0 aliphatic rings. The zero-order valence-electron chi connectivity index (χ0n) is 17.1. The molecule has 4 aromatic rings. The van der Waals surface area contributed by atoms with Crippen LogP contribution in [0.2, 0.25) is 0 Å². The van der Waals surface area contributed by atoms with E-state index < -0.39 is 7.26 Å². The summed E-state index contributed by atoms with van der Waals surface area (Å²) in [5.74, 6) is 0. The van der Waals surface area contributed by atoms with Gasteiger partial charge in [0.15, 0.2) is 11.8 Å². The second-order valence-electron chi connectivity index (χ2n) is 7.03. The summed E-state index contributed by atoms with van der Waals surface area (Å²) < 4.78 is 0.101. The number of aliphatic imine (C=N–C) groups is 1. The van der Waals surface area contributed by atoms with Crippen LogP contribution in [0.1, 0.15) is 5.56 Å². The molecular weight excluding hydrogens is 476 g/mol. The van der Waals surface area contributed by atoms with Crippen LogP contribution in [0.4, 0.5) is 0 Å². The van der Waals surface area contributed by atoms with Gasteiger partial charge < -0.3 is 0 Å². The first-order valence-electron chi connectivity index (χ1n) is 10.1. The Balaban J connectivity index is 2.10. The molecule has 0 aliphatic carbocycles. The zero-order chi connectivity index (χ0) is 22.4. The largest absolute Gasteiger partial charge is 0.229 e. The topological polar surface area (TPSA) is 12.4 Å². The van der Waals surface area contributed by atoms with Crippen molar-refractivity contribution in [2.24, 2.45) is 4.99 Å². The van der Waals surface area contributed by atoms with Crippen molar-refractivity contribution in [2.75, 3.05) is 0 Å². The summed E-state index contributed by atoms with van der Waals surface area (Å²) >= 11 is 20.0. The highest BCUT2D eigenvalue weighted by Gasteiger charge is 2.51. The van der Waals surface area contributed by atoms with Gasteiger partial charge in [-0.05, 0) is 36.4 Å². The number of rotatable bonds is 6. The summed E-state index contributed by atoms with van der Waals surface area (Å²) in [4.78, 5) is 4.90. The Hall–Kier alpha value is -2.41. The third-order valence-corrected chi connectivity index (χ3v) is 10.2. The van der Waals surface area contributed by atoms with Gasteiger partial charge in [0.25, 0.3) is 0 Å². The van der Waals surface area contributed by atoms with Crippen molar-refractivity contribution in [1.29, 1.82) is 0 Å². The molecule has 158 valence electrons. The fourth-order valence-corrected chi connectivity index (χ4v) is 8.85. The summed E-state index contributed by atoms with van der Waals surface area (Å²) in [5.41, 5.74) is 1.37. The second kappa shape index (κ2) is 10.5. The second-order valence-corrected chi connectivity index (χ2v) is 11.7. The van der Waals surface area contributed by atoms with Gasteiger partial charge in [-0.2, -0.15) is 4.99 Å². The van der Waals surface area contributed by atoms with Crippen molar-refractivity contribution >= 4 is 63.1 Å². The maximum Gasteiger partial charge on any atom is 0.229 e. The molecule has 0 bridgehead atoms. The van der Waals surface area contributed by atoms with Crippen molar-refractivity contribution in [3.63, 3.8) is 0 Å². The molecule has 4 aromatic carbocycles. The van der Waals surface area contributed by atoms with Gasteiger partial charge in [0.2, 0.25) is 5.44 Å². The predicted octanol–water partition coefficient (Wildman–Crippen LogP) is 7.27. The summed E-state index contributed by atoms with van der Waals surface area (Å²) in [7, 11) is -2.55. The van der Waals surface area contributed by atoms with E-state index >= 15 is 0 Å². The minimum atomic E-state index is -2.55. The lowest BCUT2D eigenvalue weighted by Crippen LogP contribution is -2.32. The molecule has 0 N–H and O–H groups in total. The van der Waals surface area contributed by atoms with E-state index in [-0.39, 0.29) is 4.49 Å². The minimum Gasteiger partial charge on any atom is -0.198 e. The lowest BCUT2D eigenvalue weighted by molar-refractivity contribution is 1.50. The molecular formula is C27H20Cl3NP+. The Labute approximate surface area is 204 Å². The molecule has 0 amide bonds. The van der Waals surface area contributed by atoms with E-state index in [2.05, 4.69) is 36.4 Å². The van der Waals surface area contributed by atoms with E-state index in [9.17, 15) is 0 Å². The van der Waals surface area contributed by atoms with Gasteiger partial charge >= 0.3 is 0 Å². The molecule has 0 radical (unpaired) electrons. The van der Waals surface area contributed by atoms with Crippen LogP contribution in [-0.2, 0) is 0 Å². The van der Waals surface area contributed by atoms with Crippen molar-refractivity contribution in [3.8, 4) is 0 Å². The highest BCUT2D eigenvalue weighted by atomic mass is 35.5. The Morgan fingerprint density at radius 1 is 0.500 bits per heavy atom. The molecule has 0 spiro atoms. The highest BCUT2D eigenvalue weighted by Crippen LogP contribution is 2.64. The zero-order valence-corrected chi connectivity index (χ0v) is 20.2. The van der Waals surface area contributed by atoms with Crippen LogP contribution in [0.5, 0.6) is 0 Å². The van der Waals surface area contributed by atoms with E-state index in [0.717, 1.165) is 21.5 Å². The van der Waals surface area contributed by atoms with Crippen molar-refractivity contribution < 1.29 is 0 Å². The van der Waals surface area contributed by atoms with Gasteiger partial charge in [0, 0.05) is 5.56 Å². The monoisotopic (exact) mass is 494 g/mol.